The number of hydrogen-bond donors (Lipinski definition) is 0. The zero-order valence-electron chi connectivity index (χ0n) is 22.2. The van der Waals surface area contributed by atoms with E-state index in [1.165, 1.54) is 11.1 Å². The van der Waals surface area contributed by atoms with E-state index < -0.39 is 5.92 Å². The van der Waals surface area contributed by atoms with Gasteiger partial charge in [-0.15, -0.1) is 0 Å². The molecule has 2 atom stereocenters. The lowest BCUT2D eigenvalue weighted by molar-refractivity contribution is -0.136. The van der Waals surface area contributed by atoms with E-state index in [-0.39, 0.29) is 23.9 Å². The number of carbonyl (C=O) groups is 2. The fourth-order valence-corrected chi connectivity index (χ4v) is 6.03. The van der Waals surface area contributed by atoms with Crippen molar-refractivity contribution in [2.75, 3.05) is 33.3 Å². The lowest BCUT2D eigenvalue weighted by Crippen LogP contribution is -2.53. The molecule has 0 bridgehead atoms. The van der Waals surface area contributed by atoms with Crippen molar-refractivity contribution in [1.29, 1.82) is 0 Å². The molecule has 3 aromatic rings. The topological polar surface area (TPSA) is 53.1 Å². The molecule has 196 valence electrons. The molecule has 1 aliphatic carbocycles. The molecule has 1 saturated carbocycles. The Bertz CT molecular complexity index is 1330. The highest BCUT2D eigenvalue weighted by molar-refractivity contribution is 6.01. The molecule has 0 N–H and O–H groups in total. The molecule has 2 amide bonds. The van der Waals surface area contributed by atoms with Crippen LogP contribution in [0.5, 0.6) is 5.75 Å². The van der Waals surface area contributed by atoms with E-state index in [4.69, 9.17) is 4.74 Å². The van der Waals surface area contributed by atoms with Crippen LogP contribution in [-0.4, -0.2) is 65.8 Å². The van der Waals surface area contributed by atoms with Crippen molar-refractivity contribution in [3.05, 3.63) is 101 Å². The van der Waals surface area contributed by atoms with Crippen LogP contribution in [0.25, 0.3) is 0 Å². The van der Waals surface area contributed by atoms with Crippen LogP contribution in [0.2, 0.25) is 0 Å². The summed E-state index contributed by atoms with van der Waals surface area (Å²) in [7, 11) is 1.65. The summed E-state index contributed by atoms with van der Waals surface area (Å²) in [4.78, 5) is 34.6. The van der Waals surface area contributed by atoms with Crippen LogP contribution < -0.4 is 4.74 Å². The van der Waals surface area contributed by atoms with Crippen LogP contribution in [0.1, 0.15) is 57.4 Å². The summed E-state index contributed by atoms with van der Waals surface area (Å²) in [6.07, 6.45) is 1.96. The summed E-state index contributed by atoms with van der Waals surface area (Å²) in [5, 5.41) is 0. The average Bonchev–Trinajstić information content (AvgIpc) is 3.80. The van der Waals surface area contributed by atoms with E-state index in [9.17, 15) is 9.59 Å². The first-order valence-electron chi connectivity index (χ1n) is 13.7. The zero-order valence-corrected chi connectivity index (χ0v) is 22.2. The lowest BCUT2D eigenvalue weighted by atomic mass is 9.78. The number of carbonyl (C=O) groups excluding carboxylic acids is 2. The van der Waals surface area contributed by atoms with Gasteiger partial charge >= 0.3 is 0 Å². The molecule has 0 spiro atoms. The second-order valence-corrected chi connectivity index (χ2v) is 10.8. The fraction of sp³-hybridized carbons (Fsp3) is 0.375. The third-order valence-electron chi connectivity index (χ3n) is 8.23. The summed E-state index contributed by atoms with van der Waals surface area (Å²) in [5.74, 6) is 0.432. The minimum atomic E-state index is -0.444. The number of fused-ring (bicyclic) bond motifs is 1. The lowest BCUT2D eigenvalue weighted by Gasteiger charge is -2.45. The summed E-state index contributed by atoms with van der Waals surface area (Å²) in [6.45, 7) is 6.04. The highest BCUT2D eigenvalue weighted by Gasteiger charge is 2.50. The van der Waals surface area contributed by atoms with Crippen LogP contribution in [-0.2, 0) is 11.3 Å². The third kappa shape index (κ3) is 4.69. The van der Waals surface area contributed by atoms with E-state index in [0.29, 0.717) is 18.7 Å². The van der Waals surface area contributed by atoms with Gasteiger partial charge in [0, 0.05) is 44.3 Å². The molecule has 0 aromatic heterocycles. The van der Waals surface area contributed by atoms with Gasteiger partial charge in [0.15, 0.2) is 0 Å². The molecule has 2 aliphatic heterocycles. The van der Waals surface area contributed by atoms with Crippen LogP contribution >= 0.6 is 0 Å². The Kier molecular flexibility index (Phi) is 6.66. The van der Waals surface area contributed by atoms with Crippen molar-refractivity contribution in [2.45, 2.75) is 44.3 Å². The first kappa shape index (κ1) is 24.7. The molecule has 6 rings (SSSR count). The van der Waals surface area contributed by atoms with Crippen molar-refractivity contribution < 1.29 is 14.3 Å². The number of piperazine rings is 1. The van der Waals surface area contributed by atoms with Gasteiger partial charge in [-0.05, 0) is 54.7 Å². The maximum Gasteiger partial charge on any atom is 0.254 e. The molecular weight excluding hydrogens is 474 g/mol. The standard InChI is InChI=1S/C32H35N3O3/c1-22-10-12-23(13-11-22)21-33-16-18-34(19-17-33)32(37)29-27-8-3-4-9-28(27)31(36)35(25-14-15-25)30(29)24-6-5-7-26(20-24)38-2/h3-13,20,25,29-30H,14-19,21H2,1-2H3/t29-,30+/m1/s1. The Labute approximate surface area is 224 Å². The SMILES string of the molecule is COc1cccc([C@H]2[C@H](C(=O)N3CCN(Cc4ccc(C)cc4)CC3)c3ccccc3C(=O)N2C2CC2)c1. The van der Waals surface area contributed by atoms with Gasteiger partial charge < -0.3 is 14.5 Å². The van der Waals surface area contributed by atoms with E-state index in [1.54, 1.807) is 7.11 Å². The third-order valence-corrected chi connectivity index (χ3v) is 8.23. The smallest absolute Gasteiger partial charge is 0.254 e. The molecule has 3 aliphatic rings. The fourth-order valence-electron chi connectivity index (χ4n) is 6.03. The number of nitrogens with zero attached hydrogens (tertiary/aromatic N) is 3. The number of hydrogen-bond acceptors (Lipinski definition) is 4. The highest BCUT2D eigenvalue weighted by atomic mass is 16.5. The minimum absolute atomic E-state index is 0.0305. The van der Waals surface area contributed by atoms with Crippen molar-refractivity contribution in [3.63, 3.8) is 0 Å². The van der Waals surface area contributed by atoms with E-state index in [2.05, 4.69) is 36.1 Å². The Hall–Kier alpha value is -3.64. The van der Waals surface area contributed by atoms with Crippen molar-refractivity contribution in [2.24, 2.45) is 0 Å². The average molecular weight is 510 g/mol. The van der Waals surface area contributed by atoms with Crippen LogP contribution in [0.4, 0.5) is 0 Å². The van der Waals surface area contributed by atoms with E-state index in [1.807, 2.05) is 58.3 Å². The molecule has 6 heteroatoms. The first-order valence-corrected chi connectivity index (χ1v) is 13.7. The molecule has 2 heterocycles. The second kappa shape index (κ2) is 10.3. The number of ether oxygens (including phenoxy) is 1. The van der Waals surface area contributed by atoms with Crippen LogP contribution in [0.15, 0.2) is 72.8 Å². The largest absolute Gasteiger partial charge is 0.497 e. The first-order chi connectivity index (χ1) is 18.5. The number of benzene rings is 3. The monoisotopic (exact) mass is 509 g/mol. The van der Waals surface area contributed by atoms with E-state index >= 15 is 0 Å². The van der Waals surface area contributed by atoms with Gasteiger partial charge in [0.05, 0.1) is 19.1 Å². The van der Waals surface area contributed by atoms with Crippen molar-refractivity contribution in [3.8, 4) is 5.75 Å². The predicted molar refractivity (Wildman–Crippen MR) is 147 cm³/mol. The quantitative estimate of drug-likeness (QED) is 0.480. The molecule has 2 fully saturated rings. The maximum atomic E-state index is 14.4. The van der Waals surface area contributed by atoms with Crippen molar-refractivity contribution in [1.82, 2.24) is 14.7 Å². The molecular formula is C32H35N3O3. The van der Waals surface area contributed by atoms with Crippen LogP contribution in [0.3, 0.4) is 0 Å². The number of rotatable bonds is 6. The Morgan fingerprint density at radius 1 is 0.921 bits per heavy atom. The van der Waals surface area contributed by atoms with Gasteiger partial charge in [-0.2, -0.15) is 0 Å². The van der Waals surface area contributed by atoms with Gasteiger partial charge in [0.25, 0.3) is 5.91 Å². The Morgan fingerprint density at radius 3 is 2.37 bits per heavy atom. The molecule has 0 radical (unpaired) electrons. The summed E-state index contributed by atoms with van der Waals surface area (Å²) in [6, 6.07) is 24.1. The number of methoxy groups -OCH3 is 1. The highest BCUT2D eigenvalue weighted by Crippen LogP contribution is 2.48. The summed E-state index contributed by atoms with van der Waals surface area (Å²) >= 11 is 0. The molecule has 3 aromatic carbocycles. The molecule has 38 heavy (non-hydrogen) atoms. The van der Waals surface area contributed by atoms with Gasteiger partial charge in [0.2, 0.25) is 5.91 Å². The van der Waals surface area contributed by atoms with Gasteiger partial charge in [-0.25, -0.2) is 0 Å². The zero-order chi connectivity index (χ0) is 26.2. The second-order valence-electron chi connectivity index (χ2n) is 10.8. The summed E-state index contributed by atoms with van der Waals surface area (Å²) in [5.41, 5.74) is 5.02. The van der Waals surface area contributed by atoms with Gasteiger partial charge in [0.1, 0.15) is 5.75 Å². The number of aryl methyl sites for hydroxylation is 1. The molecule has 1 saturated heterocycles. The predicted octanol–water partition coefficient (Wildman–Crippen LogP) is 4.79. The summed E-state index contributed by atoms with van der Waals surface area (Å²) < 4.78 is 5.53. The van der Waals surface area contributed by atoms with E-state index in [0.717, 1.165) is 49.4 Å². The number of amides is 2. The Morgan fingerprint density at radius 2 is 1.66 bits per heavy atom. The van der Waals surface area contributed by atoms with Gasteiger partial charge in [-0.3, -0.25) is 14.5 Å². The Balaban J connectivity index is 1.30. The molecule has 6 nitrogen and oxygen atoms in total. The van der Waals surface area contributed by atoms with Gasteiger partial charge in [-0.1, -0.05) is 60.2 Å². The minimum Gasteiger partial charge on any atom is -0.497 e. The molecule has 0 unspecified atom stereocenters. The maximum absolute atomic E-state index is 14.4. The van der Waals surface area contributed by atoms with Crippen LogP contribution in [0, 0.1) is 6.92 Å². The normalized spacial score (nSPS) is 21.8. The van der Waals surface area contributed by atoms with Crippen molar-refractivity contribution >= 4 is 11.8 Å².